The number of nitrogens with zero attached hydrogens (tertiary/aromatic N) is 1. The minimum atomic E-state index is -0.448. The average molecular weight is 377 g/mol. The van der Waals surface area contributed by atoms with Crippen LogP contribution in [0.25, 0.3) is 11.1 Å². The van der Waals surface area contributed by atoms with E-state index in [9.17, 15) is 9.18 Å². The van der Waals surface area contributed by atoms with Gasteiger partial charge in [0.15, 0.2) is 0 Å². The van der Waals surface area contributed by atoms with Crippen molar-refractivity contribution in [3.63, 3.8) is 0 Å². The summed E-state index contributed by atoms with van der Waals surface area (Å²) in [4.78, 5) is 14.4. The summed E-state index contributed by atoms with van der Waals surface area (Å²) >= 11 is 0. The van der Waals surface area contributed by atoms with E-state index in [0.29, 0.717) is 19.1 Å². The maximum absolute atomic E-state index is 14.6. The van der Waals surface area contributed by atoms with E-state index in [0.717, 1.165) is 24.0 Å². The SMILES string of the molecule is CNC1CCN(C(=O)c2ccc(-c3ccc(C)c(C)c3)cc2F)CC1.Cl. The highest BCUT2D eigenvalue weighted by atomic mass is 35.5. The molecule has 0 aromatic heterocycles. The van der Waals surface area contributed by atoms with Crippen molar-refractivity contribution in [2.24, 2.45) is 0 Å². The fourth-order valence-corrected chi connectivity index (χ4v) is 3.33. The van der Waals surface area contributed by atoms with Gasteiger partial charge in [-0.1, -0.05) is 24.3 Å². The number of halogens is 2. The van der Waals surface area contributed by atoms with E-state index in [2.05, 4.69) is 12.2 Å². The van der Waals surface area contributed by atoms with Crippen molar-refractivity contribution in [1.82, 2.24) is 10.2 Å². The van der Waals surface area contributed by atoms with Gasteiger partial charge in [-0.15, -0.1) is 12.4 Å². The number of hydrogen-bond donors (Lipinski definition) is 1. The number of likely N-dealkylation sites (tertiary alicyclic amines) is 1. The van der Waals surface area contributed by atoms with Crippen molar-refractivity contribution < 1.29 is 9.18 Å². The van der Waals surface area contributed by atoms with Crippen LogP contribution < -0.4 is 5.32 Å². The van der Waals surface area contributed by atoms with Crippen molar-refractivity contribution >= 4 is 18.3 Å². The van der Waals surface area contributed by atoms with Gasteiger partial charge >= 0.3 is 0 Å². The predicted molar refractivity (Wildman–Crippen MR) is 107 cm³/mol. The molecule has 1 amide bonds. The van der Waals surface area contributed by atoms with E-state index in [1.54, 1.807) is 11.0 Å². The van der Waals surface area contributed by atoms with Crippen LogP contribution in [0.5, 0.6) is 0 Å². The van der Waals surface area contributed by atoms with Gasteiger partial charge in [-0.3, -0.25) is 4.79 Å². The van der Waals surface area contributed by atoms with E-state index < -0.39 is 5.82 Å². The average Bonchev–Trinajstić information content (AvgIpc) is 2.63. The maximum Gasteiger partial charge on any atom is 0.256 e. The lowest BCUT2D eigenvalue weighted by molar-refractivity contribution is 0.0702. The second-order valence-electron chi connectivity index (χ2n) is 6.85. The Morgan fingerprint density at radius 3 is 2.23 bits per heavy atom. The second-order valence-corrected chi connectivity index (χ2v) is 6.85. The first kappa shape index (κ1) is 20.4. The number of hydrogen-bond acceptors (Lipinski definition) is 2. The first-order valence-corrected chi connectivity index (χ1v) is 8.83. The smallest absolute Gasteiger partial charge is 0.256 e. The lowest BCUT2D eigenvalue weighted by Gasteiger charge is -2.32. The van der Waals surface area contributed by atoms with Crippen LogP contribution in [0.4, 0.5) is 4.39 Å². The number of carbonyl (C=O) groups is 1. The molecule has 0 radical (unpaired) electrons. The molecule has 1 fully saturated rings. The molecular weight excluding hydrogens is 351 g/mol. The van der Waals surface area contributed by atoms with Gasteiger partial charge in [-0.25, -0.2) is 4.39 Å². The fraction of sp³-hybridized carbons (Fsp3) is 0.381. The number of rotatable bonds is 3. The minimum absolute atomic E-state index is 0. The zero-order chi connectivity index (χ0) is 18.0. The van der Waals surface area contributed by atoms with Gasteiger partial charge in [0.25, 0.3) is 5.91 Å². The zero-order valence-corrected chi connectivity index (χ0v) is 16.3. The minimum Gasteiger partial charge on any atom is -0.338 e. The lowest BCUT2D eigenvalue weighted by Crippen LogP contribution is -2.44. The third-order valence-electron chi connectivity index (χ3n) is 5.23. The van der Waals surface area contributed by atoms with Crippen LogP contribution in [0.1, 0.15) is 34.3 Å². The maximum atomic E-state index is 14.6. The summed E-state index contributed by atoms with van der Waals surface area (Å²) < 4.78 is 14.6. The number of piperidine rings is 1. The summed E-state index contributed by atoms with van der Waals surface area (Å²) in [5, 5.41) is 3.24. The monoisotopic (exact) mass is 376 g/mol. The number of amides is 1. The number of carbonyl (C=O) groups excluding carboxylic acids is 1. The first-order valence-electron chi connectivity index (χ1n) is 8.83. The standard InChI is InChI=1S/C21H25FN2O.ClH/c1-14-4-5-16(12-15(14)2)17-6-7-19(20(22)13-17)21(25)24-10-8-18(23-3)9-11-24;/h4-7,12-13,18,23H,8-11H2,1-3H3;1H. The number of nitrogens with one attached hydrogen (secondary N) is 1. The molecule has 0 unspecified atom stereocenters. The van der Waals surface area contributed by atoms with E-state index in [1.807, 2.05) is 38.2 Å². The van der Waals surface area contributed by atoms with Crippen LogP contribution in [0.2, 0.25) is 0 Å². The molecule has 0 bridgehead atoms. The Labute approximate surface area is 161 Å². The first-order chi connectivity index (χ1) is 12.0. The topological polar surface area (TPSA) is 32.3 Å². The summed E-state index contributed by atoms with van der Waals surface area (Å²) in [5.41, 5.74) is 4.31. The van der Waals surface area contributed by atoms with E-state index >= 15 is 0 Å². The van der Waals surface area contributed by atoms with Crippen molar-refractivity contribution in [3.05, 3.63) is 58.9 Å². The van der Waals surface area contributed by atoms with Crippen LogP contribution in [0, 0.1) is 19.7 Å². The molecule has 1 aliphatic heterocycles. The summed E-state index contributed by atoms with van der Waals surface area (Å²) in [6.45, 7) is 5.44. The summed E-state index contributed by atoms with van der Waals surface area (Å²) in [5.74, 6) is -0.657. The van der Waals surface area contributed by atoms with Gasteiger partial charge in [0.2, 0.25) is 0 Å². The Morgan fingerprint density at radius 2 is 1.65 bits per heavy atom. The molecule has 1 aliphatic rings. The van der Waals surface area contributed by atoms with Gasteiger partial charge in [-0.2, -0.15) is 0 Å². The summed E-state index contributed by atoms with van der Waals surface area (Å²) in [6, 6.07) is 11.4. The van der Waals surface area contributed by atoms with Crippen LogP contribution in [-0.4, -0.2) is 37.0 Å². The number of aryl methyl sites for hydroxylation is 2. The zero-order valence-electron chi connectivity index (χ0n) is 15.5. The number of benzene rings is 2. The van der Waals surface area contributed by atoms with Crippen LogP contribution >= 0.6 is 12.4 Å². The molecule has 0 spiro atoms. The molecule has 0 atom stereocenters. The molecule has 0 saturated carbocycles. The highest BCUT2D eigenvalue weighted by Gasteiger charge is 2.24. The molecule has 1 saturated heterocycles. The Kier molecular flexibility index (Phi) is 6.79. The Hall–Kier alpha value is -1.91. The fourth-order valence-electron chi connectivity index (χ4n) is 3.33. The van der Waals surface area contributed by atoms with Crippen molar-refractivity contribution in [2.45, 2.75) is 32.7 Å². The van der Waals surface area contributed by atoms with Crippen LogP contribution in [-0.2, 0) is 0 Å². The summed E-state index contributed by atoms with van der Waals surface area (Å²) in [6.07, 6.45) is 1.81. The van der Waals surface area contributed by atoms with E-state index in [1.165, 1.54) is 17.2 Å². The van der Waals surface area contributed by atoms with E-state index in [4.69, 9.17) is 0 Å². The molecule has 2 aromatic rings. The van der Waals surface area contributed by atoms with Gasteiger partial charge in [-0.05, 0) is 68.1 Å². The Morgan fingerprint density at radius 1 is 1.04 bits per heavy atom. The van der Waals surface area contributed by atoms with E-state index in [-0.39, 0.29) is 23.9 Å². The largest absolute Gasteiger partial charge is 0.338 e. The van der Waals surface area contributed by atoms with Gasteiger partial charge in [0, 0.05) is 19.1 Å². The van der Waals surface area contributed by atoms with Crippen molar-refractivity contribution in [1.29, 1.82) is 0 Å². The van der Waals surface area contributed by atoms with Gasteiger partial charge in [0.1, 0.15) is 5.82 Å². The molecular formula is C21H26ClFN2O. The van der Waals surface area contributed by atoms with Crippen molar-refractivity contribution in [3.8, 4) is 11.1 Å². The molecule has 0 aliphatic carbocycles. The Bertz CT molecular complexity index is 786. The molecule has 3 rings (SSSR count). The molecule has 1 heterocycles. The quantitative estimate of drug-likeness (QED) is 0.863. The normalized spacial score (nSPS) is 14.8. The molecule has 5 heteroatoms. The lowest BCUT2D eigenvalue weighted by atomic mass is 9.98. The molecule has 140 valence electrons. The predicted octanol–water partition coefficient (Wildman–Crippen LogP) is 4.36. The highest BCUT2D eigenvalue weighted by Crippen LogP contribution is 2.25. The van der Waals surface area contributed by atoms with Crippen molar-refractivity contribution in [2.75, 3.05) is 20.1 Å². The van der Waals surface area contributed by atoms with Crippen LogP contribution in [0.3, 0.4) is 0 Å². The molecule has 26 heavy (non-hydrogen) atoms. The van der Waals surface area contributed by atoms with Gasteiger partial charge < -0.3 is 10.2 Å². The third-order valence-corrected chi connectivity index (χ3v) is 5.23. The molecule has 3 nitrogen and oxygen atoms in total. The second kappa shape index (κ2) is 8.65. The Balaban J connectivity index is 0.00000243. The highest BCUT2D eigenvalue weighted by molar-refractivity contribution is 5.95. The molecule has 1 N–H and O–H groups in total. The summed E-state index contributed by atoms with van der Waals surface area (Å²) in [7, 11) is 1.94. The molecule has 2 aromatic carbocycles. The van der Waals surface area contributed by atoms with Crippen LogP contribution in [0.15, 0.2) is 36.4 Å². The van der Waals surface area contributed by atoms with Gasteiger partial charge in [0.05, 0.1) is 5.56 Å². The third kappa shape index (κ3) is 4.25.